The number of ether oxygens (including phenoxy) is 1. The van der Waals surface area contributed by atoms with Crippen LogP contribution in [0.1, 0.15) is 73.5 Å². The van der Waals surface area contributed by atoms with E-state index in [9.17, 15) is 10.5 Å². The highest BCUT2D eigenvalue weighted by atomic mass is 16.5. The van der Waals surface area contributed by atoms with Gasteiger partial charge in [0.15, 0.2) is 17.3 Å². The molecule has 2 aliphatic heterocycles. The largest absolute Gasteiger partial charge is 0.473 e. The summed E-state index contributed by atoms with van der Waals surface area (Å²) < 4.78 is 12.7. The van der Waals surface area contributed by atoms with Gasteiger partial charge in [0.25, 0.3) is 0 Å². The lowest BCUT2D eigenvalue weighted by Gasteiger charge is -2.33. The molecule has 7 rings (SSSR count). The summed E-state index contributed by atoms with van der Waals surface area (Å²) in [6.07, 6.45) is 7.35. The Labute approximate surface area is 246 Å². The molecule has 2 saturated heterocycles. The third-order valence-electron chi connectivity index (χ3n) is 10.0. The van der Waals surface area contributed by atoms with Crippen molar-refractivity contribution in [3.05, 3.63) is 46.2 Å². The van der Waals surface area contributed by atoms with Gasteiger partial charge in [-0.1, -0.05) is 11.2 Å². The zero-order valence-electron chi connectivity index (χ0n) is 24.3. The Kier molecular flexibility index (Phi) is 6.55. The Morgan fingerprint density at radius 2 is 2.02 bits per heavy atom. The fourth-order valence-corrected chi connectivity index (χ4v) is 7.87. The van der Waals surface area contributed by atoms with Gasteiger partial charge in [0.05, 0.1) is 23.0 Å². The van der Waals surface area contributed by atoms with Gasteiger partial charge in [0, 0.05) is 36.4 Å². The van der Waals surface area contributed by atoms with E-state index in [-0.39, 0.29) is 12.0 Å². The average molecular weight is 565 g/mol. The van der Waals surface area contributed by atoms with Crippen molar-refractivity contribution in [1.29, 1.82) is 10.5 Å². The van der Waals surface area contributed by atoms with Crippen LogP contribution in [0, 0.1) is 28.6 Å². The normalized spacial score (nSPS) is 25.7. The van der Waals surface area contributed by atoms with Crippen LogP contribution in [0.25, 0.3) is 11.5 Å². The van der Waals surface area contributed by atoms with Gasteiger partial charge in [-0.2, -0.15) is 15.5 Å². The number of nitriles is 2. The van der Waals surface area contributed by atoms with Gasteiger partial charge >= 0.3 is 0 Å². The molecule has 4 aliphatic rings. The lowest BCUT2D eigenvalue weighted by Crippen LogP contribution is -2.38. The lowest BCUT2D eigenvalue weighted by molar-refractivity contribution is 0.117. The molecule has 1 spiro atoms. The van der Waals surface area contributed by atoms with Crippen molar-refractivity contribution < 1.29 is 9.26 Å². The molecule has 10 nitrogen and oxygen atoms in total. The first-order chi connectivity index (χ1) is 20.4. The highest BCUT2D eigenvalue weighted by molar-refractivity contribution is 5.68. The van der Waals surface area contributed by atoms with Crippen LogP contribution >= 0.6 is 0 Å². The molecule has 4 heterocycles. The average Bonchev–Trinajstić information content (AvgIpc) is 3.80. The number of likely N-dealkylation sites (N-methyl/N-ethyl adjacent to an activating group) is 1. The molecule has 216 valence electrons. The van der Waals surface area contributed by atoms with Crippen LogP contribution in [0.3, 0.4) is 0 Å². The molecule has 0 amide bonds. The van der Waals surface area contributed by atoms with Crippen molar-refractivity contribution in [3.63, 3.8) is 0 Å². The minimum absolute atomic E-state index is 0.0253. The number of nitrogens with two attached hydrogens (primary N) is 1. The van der Waals surface area contributed by atoms with E-state index in [0.717, 1.165) is 92.7 Å². The first-order valence-electron chi connectivity index (χ1n) is 15.1. The van der Waals surface area contributed by atoms with Crippen molar-refractivity contribution in [2.45, 2.75) is 75.9 Å². The van der Waals surface area contributed by atoms with Gasteiger partial charge in [-0.15, -0.1) is 0 Å². The summed E-state index contributed by atoms with van der Waals surface area (Å²) in [7, 11) is 2.14. The summed E-state index contributed by atoms with van der Waals surface area (Å²) in [5.41, 5.74) is 10.7. The molecule has 4 unspecified atom stereocenters. The number of likely N-dealkylation sites (tertiary alicyclic amines) is 1. The third-order valence-corrected chi connectivity index (χ3v) is 10.0. The van der Waals surface area contributed by atoms with E-state index < -0.39 is 5.41 Å². The van der Waals surface area contributed by atoms with Crippen molar-refractivity contribution in [3.8, 4) is 29.5 Å². The molecule has 2 N–H and O–H groups in total. The molecule has 0 saturated carbocycles. The summed E-state index contributed by atoms with van der Waals surface area (Å²) in [5.74, 6) is 2.52. The highest BCUT2D eigenvalue weighted by Crippen LogP contribution is 2.54. The smallest absolute Gasteiger partial charge is 0.219 e. The van der Waals surface area contributed by atoms with Crippen molar-refractivity contribution in [1.82, 2.24) is 20.0 Å². The molecule has 2 fully saturated rings. The molecule has 4 atom stereocenters. The predicted octanol–water partition coefficient (Wildman–Crippen LogP) is 4.37. The van der Waals surface area contributed by atoms with Gasteiger partial charge < -0.3 is 19.9 Å². The van der Waals surface area contributed by atoms with Crippen LogP contribution in [0.5, 0.6) is 5.88 Å². The molecule has 10 heteroatoms. The number of fused-ring (bicyclic) bond motifs is 4. The molecule has 42 heavy (non-hydrogen) atoms. The second kappa shape index (κ2) is 10.3. The van der Waals surface area contributed by atoms with E-state index in [1.54, 1.807) is 0 Å². The molecule has 0 bridgehead atoms. The van der Waals surface area contributed by atoms with E-state index in [4.69, 9.17) is 25.0 Å². The van der Waals surface area contributed by atoms with Gasteiger partial charge in [-0.3, -0.25) is 4.90 Å². The number of nitrogen functional groups attached to an aromatic ring is 1. The summed E-state index contributed by atoms with van der Waals surface area (Å²) in [6.45, 7) is 4.55. The number of hydrogen-bond acceptors (Lipinski definition) is 10. The number of rotatable bonds is 5. The fraction of sp³-hybridized carbons (Fsp3) is 0.531. The highest BCUT2D eigenvalue weighted by Gasteiger charge is 2.49. The maximum absolute atomic E-state index is 10.1. The molecule has 3 aromatic rings. The van der Waals surface area contributed by atoms with Gasteiger partial charge in [-0.05, 0) is 89.1 Å². The van der Waals surface area contributed by atoms with E-state index >= 15 is 0 Å². The molecular formula is C32H36N8O2. The zero-order chi connectivity index (χ0) is 29.0. The first-order valence-corrected chi connectivity index (χ1v) is 15.1. The SMILES string of the molecule is CC(Oc1cc(N2CCC(C#N)C2)nc(-c2noc3c2CCCC32CCc3ccc(N)c(C#N)c32)n1)C1CCCN1C. The molecule has 2 aromatic heterocycles. The molecule has 2 aliphatic carbocycles. The summed E-state index contributed by atoms with van der Waals surface area (Å²) in [5, 5.41) is 24.2. The minimum Gasteiger partial charge on any atom is -0.473 e. The maximum atomic E-state index is 10.1. The number of aromatic nitrogens is 3. The van der Waals surface area contributed by atoms with Crippen LogP contribution in [-0.2, 0) is 18.3 Å². The van der Waals surface area contributed by atoms with E-state index in [1.807, 2.05) is 12.1 Å². The van der Waals surface area contributed by atoms with E-state index in [2.05, 4.69) is 47.1 Å². The Morgan fingerprint density at radius 3 is 2.79 bits per heavy atom. The fourth-order valence-electron chi connectivity index (χ4n) is 7.87. The predicted molar refractivity (Wildman–Crippen MR) is 157 cm³/mol. The van der Waals surface area contributed by atoms with Crippen LogP contribution in [0.4, 0.5) is 11.5 Å². The van der Waals surface area contributed by atoms with Crippen molar-refractivity contribution >= 4 is 11.5 Å². The topological polar surface area (TPSA) is 141 Å². The number of benzene rings is 1. The summed E-state index contributed by atoms with van der Waals surface area (Å²) >= 11 is 0. The number of hydrogen-bond donors (Lipinski definition) is 1. The zero-order valence-corrected chi connectivity index (χ0v) is 24.3. The van der Waals surface area contributed by atoms with E-state index in [0.29, 0.717) is 41.2 Å². The standard InChI is InChI=1S/C32H36N8O2/c1-19(25-6-4-13-39(25)2)41-27-15-26(40-14-10-20(16-33)18-40)36-31(37-27)29-22-5-3-11-32(30(22)42-38-29)12-9-21-7-8-24(35)23(17-34)28(21)32/h7-8,15,19-20,25H,3-6,9-14,18,35H2,1-2H3. The van der Waals surface area contributed by atoms with Crippen molar-refractivity contribution in [2.24, 2.45) is 5.92 Å². The molecular weight excluding hydrogens is 528 g/mol. The van der Waals surface area contributed by atoms with Gasteiger partial charge in [0.2, 0.25) is 5.88 Å². The van der Waals surface area contributed by atoms with Crippen LogP contribution < -0.4 is 15.4 Å². The van der Waals surface area contributed by atoms with Crippen LogP contribution in [-0.4, -0.2) is 58.9 Å². The Morgan fingerprint density at radius 1 is 1.14 bits per heavy atom. The first kappa shape index (κ1) is 26.7. The minimum atomic E-state index is -0.428. The molecule has 1 aromatic carbocycles. The number of aryl methyl sites for hydroxylation is 1. The third kappa shape index (κ3) is 4.20. The second-order valence-electron chi connectivity index (χ2n) is 12.4. The van der Waals surface area contributed by atoms with Crippen LogP contribution in [0.2, 0.25) is 0 Å². The van der Waals surface area contributed by atoms with Crippen molar-refractivity contribution in [2.75, 3.05) is 37.3 Å². The Bertz CT molecular complexity index is 1620. The quantitative estimate of drug-likeness (QED) is 0.444. The summed E-state index contributed by atoms with van der Waals surface area (Å²) in [4.78, 5) is 14.4. The maximum Gasteiger partial charge on any atom is 0.219 e. The van der Waals surface area contributed by atoms with Gasteiger partial charge in [-0.25, -0.2) is 4.98 Å². The number of anilines is 2. The Balaban J connectivity index is 1.30. The number of nitrogens with zero attached hydrogens (tertiary/aromatic N) is 7. The monoisotopic (exact) mass is 564 g/mol. The molecule has 0 radical (unpaired) electrons. The lowest BCUT2D eigenvalue weighted by atomic mass is 9.68. The van der Waals surface area contributed by atoms with Gasteiger partial charge in [0.1, 0.15) is 18.0 Å². The van der Waals surface area contributed by atoms with E-state index in [1.165, 1.54) is 0 Å². The van der Waals surface area contributed by atoms with Crippen LogP contribution in [0.15, 0.2) is 22.7 Å². The summed E-state index contributed by atoms with van der Waals surface area (Å²) in [6, 6.07) is 10.9. The Hall–Kier alpha value is -4.15. The second-order valence-corrected chi connectivity index (χ2v) is 12.4.